The number of hydrogen-bond acceptors (Lipinski definition) is 5. The zero-order valence-corrected chi connectivity index (χ0v) is 15.5. The summed E-state index contributed by atoms with van der Waals surface area (Å²) in [7, 11) is 5.08. The topological polar surface area (TPSA) is 63.7 Å². The number of nitrogens with zero attached hydrogens (tertiary/aromatic N) is 2. The fourth-order valence-electron chi connectivity index (χ4n) is 2.28. The largest absolute Gasteiger partial charge is 0.493 e. The van der Waals surface area contributed by atoms with Crippen LogP contribution in [-0.4, -0.2) is 43.1 Å². The lowest BCUT2D eigenvalue weighted by atomic mass is 10.1. The highest BCUT2D eigenvalue weighted by Gasteiger charge is 2.19. The minimum absolute atomic E-state index is 0.141. The molecule has 6 nitrogen and oxygen atoms in total. The van der Waals surface area contributed by atoms with Crippen molar-refractivity contribution >= 4 is 23.3 Å². The molecule has 2 aromatic rings. The van der Waals surface area contributed by atoms with Crippen LogP contribution in [-0.2, 0) is 11.3 Å². The van der Waals surface area contributed by atoms with Crippen molar-refractivity contribution in [3.8, 4) is 11.5 Å². The van der Waals surface area contributed by atoms with Gasteiger partial charge in [0.05, 0.1) is 25.3 Å². The number of carbonyl (C=O) groups is 1. The van der Waals surface area contributed by atoms with Gasteiger partial charge in [-0.15, -0.1) is 0 Å². The van der Waals surface area contributed by atoms with Gasteiger partial charge in [-0.1, -0.05) is 17.7 Å². The Hall–Kier alpha value is -2.31. The number of rotatable bonds is 7. The molecule has 0 spiro atoms. The van der Waals surface area contributed by atoms with E-state index >= 15 is 0 Å². The number of benzene rings is 1. The number of amides is 1. The average Bonchev–Trinajstić information content (AvgIpc) is 2.62. The first-order valence-corrected chi connectivity index (χ1v) is 8.16. The van der Waals surface area contributed by atoms with Gasteiger partial charge in [0.15, 0.2) is 11.5 Å². The van der Waals surface area contributed by atoms with E-state index in [9.17, 15) is 4.79 Å². The second-order valence-corrected chi connectivity index (χ2v) is 6.07. The molecule has 0 aliphatic rings. The van der Waals surface area contributed by atoms with E-state index in [1.807, 2.05) is 37.1 Å². The Balaban J connectivity index is 2.00. The number of ether oxygens (including phenoxy) is 2. The van der Waals surface area contributed by atoms with Crippen LogP contribution in [0.4, 0.5) is 5.82 Å². The number of halogens is 1. The van der Waals surface area contributed by atoms with E-state index in [0.717, 1.165) is 5.56 Å². The molecule has 134 valence electrons. The van der Waals surface area contributed by atoms with Crippen LogP contribution in [0.5, 0.6) is 11.5 Å². The first kappa shape index (κ1) is 19.0. The standard InChI is InChI=1S/C18H22ClN3O3/c1-12(18(23)21-17-8-6-14(19)10-20-17)22(2)11-13-5-7-15(24-3)16(9-13)25-4/h5-10,12H,11H2,1-4H3,(H,20,21,23)/t12-/m0/s1. The van der Waals surface area contributed by atoms with Gasteiger partial charge in [-0.2, -0.15) is 0 Å². The van der Waals surface area contributed by atoms with E-state index in [1.165, 1.54) is 6.20 Å². The Morgan fingerprint density at radius 3 is 2.56 bits per heavy atom. The second-order valence-electron chi connectivity index (χ2n) is 5.63. The quantitative estimate of drug-likeness (QED) is 0.818. The number of aromatic nitrogens is 1. The summed E-state index contributed by atoms with van der Waals surface area (Å²) in [5, 5.41) is 3.31. The molecule has 1 aromatic heterocycles. The van der Waals surface area contributed by atoms with Crippen molar-refractivity contribution in [3.63, 3.8) is 0 Å². The van der Waals surface area contributed by atoms with Gasteiger partial charge >= 0.3 is 0 Å². The van der Waals surface area contributed by atoms with Crippen molar-refractivity contribution in [2.45, 2.75) is 19.5 Å². The normalized spacial score (nSPS) is 11.9. The van der Waals surface area contributed by atoms with Crippen LogP contribution in [0.1, 0.15) is 12.5 Å². The van der Waals surface area contributed by atoms with Gasteiger partial charge in [0, 0.05) is 12.7 Å². The zero-order valence-electron chi connectivity index (χ0n) is 14.7. The molecule has 1 aromatic carbocycles. The Labute approximate surface area is 152 Å². The summed E-state index contributed by atoms with van der Waals surface area (Å²) in [6.07, 6.45) is 1.50. The molecular weight excluding hydrogens is 342 g/mol. The minimum atomic E-state index is -0.342. The third-order valence-corrected chi connectivity index (χ3v) is 4.12. The fraction of sp³-hybridized carbons (Fsp3) is 0.333. The lowest BCUT2D eigenvalue weighted by Crippen LogP contribution is -2.39. The smallest absolute Gasteiger partial charge is 0.242 e. The summed E-state index contributed by atoms with van der Waals surface area (Å²) in [6, 6.07) is 8.71. The molecule has 7 heteroatoms. The molecule has 0 saturated carbocycles. The highest BCUT2D eigenvalue weighted by atomic mass is 35.5. The van der Waals surface area contributed by atoms with Gasteiger partial charge in [0.25, 0.3) is 0 Å². The molecule has 1 amide bonds. The molecule has 1 heterocycles. The van der Waals surface area contributed by atoms with Gasteiger partial charge in [0.1, 0.15) is 5.82 Å². The van der Waals surface area contributed by atoms with Gasteiger partial charge in [0.2, 0.25) is 5.91 Å². The Morgan fingerprint density at radius 1 is 1.24 bits per heavy atom. The van der Waals surface area contributed by atoms with Crippen LogP contribution in [0.2, 0.25) is 5.02 Å². The van der Waals surface area contributed by atoms with Crippen LogP contribution in [0, 0.1) is 0 Å². The summed E-state index contributed by atoms with van der Waals surface area (Å²) in [6.45, 7) is 2.43. The zero-order chi connectivity index (χ0) is 18.4. The third kappa shape index (κ3) is 5.08. The summed E-state index contributed by atoms with van der Waals surface area (Å²) in [5.41, 5.74) is 1.02. The summed E-state index contributed by atoms with van der Waals surface area (Å²) >= 11 is 5.80. The molecule has 0 radical (unpaired) electrons. The van der Waals surface area contributed by atoms with Gasteiger partial charge in [-0.3, -0.25) is 9.69 Å². The van der Waals surface area contributed by atoms with Crippen molar-refractivity contribution in [2.24, 2.45) is 0 Å². The maximum Gasteiger partial charge on any atom is 0.242 e. The van der Waals surface area contributed by atoms with Gasteiger partial charge < -0.3 is 14.8 Å². The van der Waals surface area contributed by atoms with Crippen molar-refractivity contribution in [2.75, 3.05) is 26.6 Å². The summed E-state index contributed by atoms with van der Waals surface area (Å²) in [4.78, 5) is 18.4. The molecule has 2 rings (SSSR count). The maximum absolute atomic E-state index is 12.4. The predicted octanol–water partition coefficient (Wildman–Crippen LogP) is 3.21. The van der Waals surface area contributed by atoms with E-state index in [2.05, 4.69) is 10.3 Å². The van der Waals surface area contributed by atoms with Crippen molar-refractivity contribution in [1.29, 1.82) is 0 Å². The Morgan fingerprint density at radius 2 is 1.96 bits per heavy atom. The molecule has 0 unspecified atom stereocenters. The number of nitrogens with one attached hydrogen (secondary N) is 1. The molecule has 0 aliphatic carbocycles. The van der Waals surface area contributed by atoms with Crippen molar-refractivity contribution in [1.82, 2.24) is 9.88 Å². The van der Waals surface area contributed by atoms with Crippen molar-refractivity contribution in [3.05, 3.63) is 47.1 Å². The molecule has 0 saturated heterocycles. The first-order chi connectivity index (χ1) is 11.9. The predicted molar refractivity (Wildman–Crippen MR) is 98.4 cm³/mol. The molecule has 25 heavy (non-hydrogen) atoms. The number of methoxy groups -OCH3 is 2. The van der Waals surface area contributed by atoms with Crippen LogP contribution in [0.15, 0.2) is 36.5 Å². The lowest BCUT2D eigenvalue weighted by molar-refractivity contribution is -0.120. The van der Waals surface area contributed by atoms with Gasteiger partial charge in [-0.05, 0) is 43.8 Å². The van der Waals surface area contributed by atoms with E-state index in [-0.39, 0.29) is 11.9 Å². The lowest BCUT2D eigenvalue weighted by Gasteiger charge is -2.24. The highest BCUT2D eigenvalue weighted by Crippen LogP contribution is 2.28. The molecule has 1 N–H and O–H groups in total. The Bertz CT molecular complexity index is 722. The molecule has 0 aliphatic heterocycles. The van der Waals surface area contributed by atoms with Crippen LogP contribution in [0.25, 0.3) is 0 Å². The second kappa shape index (κ2) is 8.69. The maximum atomic E-state index is 12.4. The van der Waals surface area contributed by atoms with Crippen molar-refractivity contribution < 1.29 is 14.3 Å². The number of carbonyl (C=O) groups excluding carboxylic acids is 1. The van der Waals surface area contributed by atoms with E-state index in [4.69, 9.17) is 21.1 Å². The molecule has 0 fully saturated rings. The van der Waals surface area contributed by atoms with Gasteiger partial charge in [-0.25, -0.2) is 4.98 Å². The Kier molecular flexibility index (Phi) is 6.61. The summed E-state index contributed by atoms with van der Waals surface area (Å²) < 4.78 is 10.6. The first-order valence-electron chi connectivity index (χ1n) is 7.78. The fourth-order valence-corrected chi connectivity index (χ4v) is 2.40. The molecule has 1 atom stereocenters. The summed E-state index contributed by atoms with van der Waals surface area (Å²) in [5.74, 6) is 1.67. The average molecular weight is 364 g/mol. The number of hydrogen-bond donors (Lipinski definition) is 1. The minimum Gasteiger partial charge on any atom is -0.493 e. The van der Waals surface area contributed by atoms with E-state index < -0.39 is 0 Å². The molecular formula is C18H22ClN3O3. The molecule has 0 bridgehead atoms. The number of pyridine rings is 1. The van der Waals surface area contributed by atoms with Crippen LogP contribution < -0.4 is 14.8 Å². The highest BCUT2D eigenvalue weighted by molar-refractivity contribution is 6.30. The number of likely N-dealkylation sites (N-methyl/N-ethyl adjacent to an activating group) is 1. The van der Waals surface area contributed by atoms with Crippen LogP contribution >= 0.6 is 11.6 Å². The third-order valence-electron chi connectivity index (χ3n) is 3.90. The SMILES string of the molecule is COc1ccc(CN(C)[C@@H](C)C(=O)Nc2ccc(Cl)cn2)cc1OC. The van der Waals surface area contributed by atoms with E-state index in [0.29, 0.717) is 28.9 Å². The monoisotopic (exact) mass is 363 g/mol. The van der Waals surface area contributed by atoms with E-state index in [1.54, 1.807) is 26.4 Å². The number of anilines is 1. The van der Waals surface area contributed by atoms with Crippen LogP contribution in [0.3, 0.4) is 0 Å².